The van der Waals surface area contributed by atoms with E-state index in [0.717, 1.165) is 61.9 Å². The Hall–Kier alpha value is -2.99. The molecule has 1 saturated heterocycles. The summed E-state index contributed by atoms with van der Waals surface area (Å²) >= 11 is 0. The van der Waals surface area contributed by atoms with Crippen LogP contribution in [0.4, 0.5) is 11.4 Å². The van der Waals surface area contributed by atoms with Crippen LogP contribution in [0.3, 0.4) is 0 Å². The first-order valence-electron chi connectivity index (χ1n) is 13.4. The van der Waals surface area contributed by atoms with Crippen LogP contribution in [0.5, 0.6) is 0 Å². The fourth-order valence-corrected chi connectivity index (χ4v) is 5.88. The van der Waals surface area contributed by atoms with E-state index in [1.54, 1.807) is 11.9 Å². The number of nitrogens with one attached hydrogen (secondary N) is 1. The number of nitrogens with zero attached hydrogens (tertiary/aromatic N) is 2. The molecule has 1 aliphatic heterocycles. The highest BCUT2D eigenvalue weighted by atomic mass is 16.2. The minimum Gasteiger partial charge on any atom is -0.335 e. The average molecular weight is 490 g/mol. The monoisotopic (exact) mass is 489 g/mol. The van der Waals surface area contributed by atoms with E-state index in [4.69, 9.17) is 0 Å². The zero-order valence-electron chi connectivity index (χ0n) is 21.6. The first-order valence-corrected chi connectivity index (χ1v) is 13.4. The van der Waals surface area contributed by atoms with Crippen molar-refractivity contribution in [2.75, 3.05) is 18.5 Å². The lowest BCUT2D eigenvalue weighted by molar-refractivity contribution is -0.141. The largest absolute Gasteiger partial charge is 0.335 e. The number of likely N-dealkylation sites (N-methyl/N-ethyl adjacent to an activating group) is 1. The highest BCUT2D eigenvalue weighted by Gasteiger charge is 2.39. The minimum absolute atomic E-state index is 0.0374. The van der Waals surface area contributed by atoms with Gasteiger partial charge in [0.2, 0.25) is 12.3 Å². The summed E-state index contributed by atoms with van der Waals surface area (Å²) < 4.78 is 0. The lowest BCUT2D eigenvalue weighted by Gasteiger charge is -2.35. The Labute approximate surface area is 215 Å². The van der Waals surface area contributed by atoms with Gasteiger partial charge in [-0.2, -0.15) is 0 Å². The summed E-state index contributed by atoms with van der Waals surface area (Å²) in [5.41, 5.74) is 2.63. The van der Waals surface area contributed by atoms with E-state index < -0.39 is 0 Å². The SMILES string of the molecule is CN[C@@H](C)C(=O)C[C@H](C(=O)N1CCC[C@H]1c1cccc(N(C=O)c2ccccc2)c1)C1CCCCC1. The fraction of sp³-hybridized carbons (Fsp3) is 0.500. The van der Waals surface area contributed by atoms with Gasteiger partial charge >= 0.3 is 0 Å². The number of likely N-dealkylation sites (tertiary alicyclic amines) is 1. The van der Waals surface area contributed by atoms with Gasteiger partial charge in [0.1, 0.15) is 5.78 Å². The second-order valence-corrected chi connectivity index (χ2v) is 10.3. The molecule has 2 aromatic carbocycles. The van der Waals surface area contributed by atoms with Crippen LogP contribution < -0.4 is 10.2 Å². The van der Waals surface area contributed by atoms with Crippen molar-refractivity contribution in [2.45, 2.75) is 70.4 Å². The van der Waals surface area contributed by atoms with E-state index in [0.29, 0.717) is 13.0 Å². The molecule has 6 heteroatoms. The number of rotatable bonds is 10. The standard InChI is InChI=1S/C30H39N3O3/c1-22(31-2)29(35)20-27(23-11-5-3-6-12-23)30(36)32-18-10-17-28(32)24-13-9-16-26(19-24)33(21-34)25-14-7-4-8-15-25/h4,7-9,13-16,19,21-23,27-28,31H,3,5-6,10-12,17-18,20H2,1-2H3/t22-,27-,28-/m0/s1. The predicted octanol–water partition coefficient (Wildman–Crippen LogP) is 5.41. The van der Waals surface area contributed by atoms with Gasteiger partial charge < -0.3 is 10.2 Å². The Balaban J connectivity index is 1.58. The van der Waals surface area contributed by atoms with E-state index in [9.17, 15) is 14.4 Å². The summed E-state index contributed by atoms with van der Waals surface area (Å²) in [7, 11) is 1.79. The van der Waals surface area contributed by atoms with E-state index in [1.807, 2.05) is 60.4 Å². The summed E-state index contributed by atoms with van der Waals surface area (Å²) in [6.45, 7) is 2.59. The third-order valence-electron chi connectivity index (χ3n) is 8.08. The third-order valence-corrected chi connectivity index (χ3v) is 8.08. The molecule has 3 atom stereocenters. The lowest BCUT2D eigenvalue weighted by atomic mass is 9.76. The maximum absolute atomic E-state index is 14.1. The summed E-state index contributed by atoms with van der Waals surface area (Å²) in [5.74, 6) is 0.258. The number of para-hydroxylation sites is 1. The van der Waals surface area contributed by atoms with Crippen LogP contribution in [0, 0.1) is 11.8 Å². The number of carbonyl (C=O) groups excluding carboxylic acids is 3. The number of benzene rings is 2. The molecule has 1 N–H and O–H groups in total. The van der Waals surface area contributed by atoms with Crippen molar-refractivity contribution in [1.82, 2.24) is 10.2 Å². The Kier molecular flexibility index (Phi) is 8.92. The molecule has 0 radical (unpaired) electrons. The van der Waals surface area contributed by atoms with Crippen molar-refractivity contribution in [2.24, 2.45) is 11.8 Å². The van der Waals surface area contributed by atoms with Crippen LogP contribution in [0.25, 0.3) is 0 Å². The Morgan fingerprint density at radius 2 is 1.72 bits per heavy atom. The molecule has 2 fully saturated rings. The zero-order valence-corrected chi connectivity index (χ0v) is 21.6. The molecule has 2 amide bonds. The minimum atomic E-state index is -0.256. The van der Waals surface area contributed by atoms with Gasteiger partial charge in [-0.3, -0.25) is 19.3 Å². The van der Waals surface area contributed by atoms with Gasteiger partial charge in [-0.1, -0.05) is 49.6 Å². The Morgan fingerprint density at radius 3 is 2.42 bits per heavy atom. The molecule has 6 nitrogen and oxygen atoms in total. The highest BCUT2D eigenvalue weighted by molar-refractivity contribution is 5.90. The summed E-state index contributed by atoms with van der Waals surface area (Å²) in [6.07, 6.45) is 8.50. The Bertz CT molecular complexity index is 1030. The van der Waals surface area contributed by atoms with E-state index >= 15 is 0 Å². The maximum Gasteiger partial charge on any atom is 0.226 e. The number of hydrogen-bond donors (Lipinski definition) is 1. The molecule has 192 valence electrons. The second-order valence-electron chi connectivity index (χ2n) is 10.3. The van der Waals surface area contributed by atoms with Crippen molar-refractivity contribution in [3.8, 4) is 0 Å². The Morgan fingerprint density at radius 1 is 1.00 bits per heavy atom. The number of carbonyl (C=O) groups is 3. The molecular formula is C30H39N3O3. The molecule has 0 bridgehead atoms. The van der Waals surface area contributed by atoms with E-state index in [1.165, 1.54) is 6.42 Å². The molecule has 1 heterocycles. The number of anilines is 2. The van der Waals surface area contributed by atoms with E-state index in [-0.39, 0.29) is 35.6 Å². The first kappa shape index (κ1) is 26.1. The van der Waals surface area contributed by atoms with Crippen molar-refractivity contribution in [1.29, 1.82) is 0 Å². The molecule has 0 unspecified atom stereocenters. The summed E-state index contributed by atoms with van der Waals surface area (Å²) in [5, 5.41) is 3.04. The van der Waals surface area contributed by atoms with Crippen LogP contribution >= 0.6 is 0 Å². The first-order chi connectivity index (χ1) is 17.5. The number of amides is 2. The quantitative estimate of drug-likeness (QED) is 0.453. The van der Waals surface area contributed by atoms with Crippen LogP contribution in [-0.4, -0.2) is 42.6 Å². The number of ketones is 1. The van der Waals surface area contributed by atoms with E-state index in [2.05, 4.69) is 11.4 Å². The number of Topliss-reactive ketones (excluding diaryl/α,β-unsaturated/α-hetero) is 1. The topological polar surface area (TPSA) is 69.7 Å². The smallest absolute Gasteiger partial charge is 0.226 e. The maximum atomic E-state index is 14.1. The molecule has 0 spiro atoms. The van der Waals surface area contributed by atoms with Crippen molar-refractivity contribution < 1.29 is 14.4 Å². The van der Waals surface area contributed by atoms with Crippen LogP contribution in [0.15, 0.2) is 54.6 Å². The summed E-state index contributed by atoms with van der Waals surface area (Å²) in [6, 6.07) is 17.2. The molecule has 36 heavy (non-hydrogen) atoms. The summed E-state index contributed by atoms with van der Waals surface area (Å²) in [4.78, 5) is 42.6. The lowest BCUT2D eigenvalue weighted by Crippen LogP contribution is -2.42. The number of hydrogen-bond acceptors (Lipinski definition) is 4. The predicted molar refractivity (Wildman–Crippen MR) is 143 cm³/mol. The van der Waals surface area contributed by atoms with Gasteiger partial charge in [-0.05, 0) is 75.4 Å². The normalized spacial score (nSPS) is 20.1. The van der Waals surface area contributed by atoms with Gasteiger partial charge in [0, 0.05) is 30.3 Å². The van der Waals surface area contributed by atoms with Gasteiger partial charge in [0.05, 0.1) is 12.1 Å². The second kappa shape index (κ2) is 12.3. The van der Waals surface area contributed by atoms with Crippen molar-refractivity contribution >= 4 is 29.5 Å². The molecule has 2 aliphatic rings. The van der Waals surface area contributed by atoms with Gasteiger partial charge in [0.15, 0.2) is 0 Å². The average Bonchev–Trinajstić information content (AvgIpc) is 3.43. The molecule has 0 aromatic heterocycles. The molecular weight excluding hydrogens is 450 g/mol. The highest BCUT2D eigenvalue weighted by Crippen LogP contribution is 2.39. The molecule has 1 saturated carbocycles. The fourth-order valence-electron chi connectivity index (χ4n) is 5.88. The molecule has 4 rings (SSSR count). The third kappa shape index (κ3) is 5.86. The molecule has 2 aromatic rings. The van der Waals surface area contributed by atoms with Crippen LogP contribution in [-0.2, 0) is 14.4 Å². The van der Waals surface area contributed by atoms with Crippen LogP contribution in [0.2, 0.25) is 0 Å². The van der Waals surface area contributed by atoms with Crippen molar-refractivity contribution in [3.63, 3.8) is 0 Å². The van der Waals surface area contributed by atoms with Gasteiger partial charge in [-0.15, -0.1) is 0 Å². The van der Waals surface area contributed by atoms with Crippen molar-refractivity contribution in [3.05, 3.63) is 60.2 Å². The zero-order chi connectivity index (χ0) is 25.5. The van der Waals surface area contributed by atoms with Gasteiger partial charge in [0.25, 0.3) is 0 Å². The van der Waals surface area contributed by atoms with Crippen LogP contribution in [0.1, 0.15) is 69.9 Å². The van der Waals surface area contributed by atoms with Gasteiger partial charge in [-0.25, -0.2) is 0 Å². The molecule has 1 aliphatic carbocycles.